The SMILES string of the molecule is CC(CO)(CO)Cc1ccccc1. The highest BCUT2D eigenvalue weighted by Gasteiger charge is 2.22. The van der Waals surface area contributed by atoms with Gasteiger partial charge < -0.3 is 10.2 Å². The van der Waals surface area contributed by atoms with Gasteiger partial charge >= 0.3 is 0 Å². The Labute approximate surface area is 78.8 Å². The molecule has 0 fully saturated rings. The Kier molecular flexibility index (Phi) is 3.46. The van der Waals surface area contributed by atoms with Crippen molar-refractivity contribution in [3.05, 3.63) is 35.9 Å². The zero-order chi connectivity index (χ0) is 9.73. The van der Waals surface area contributed by atoms with Crippen molar-refractivity contribution >= 4 is 0 Å². The summed E-state index contributed by atoms with van der Waals surface area (Å²) in [5.74, 6) is 0. The molecule has 0 heterocycles. The van der Waals surface area contributed by atoms with Crippen LogP contribution in [0.2, 0.25) is 0 Å². The van der Waals surface area contributed by atoms with Gasteiger partial charge in [0.15, 0.2) is 0 Å². The first-order chi connectivity index (χ1) is 6.20. The predicted molar refractivity (Wildman–Crippen MR) is 52.4 cm³/mol. The van der Waals surface area contributed by atoms with Crippen LogP contribution >= 0.6 is 0 Å². The van der Waals surface area contributed by atoms with E-state index in [0.29, 0.717) is 6.42 Å². The highest BCUT2D eigenvalue weighted by Crippen LogP contribution is 2.20. The molecule has 0 spiro atoms. The van der Waals surface area contributed by atoms with Crippen molar-refractivity contribution < 1.29 is 10.2 Å². The van der Waals surface area contributed by atoms with Crippen molar-refractivity contribution in [3.63, 3.8) is 0 Å². The number of benzene rings is 1. The van der Waals surface area contributed by atoms with E-state index in [-0.39, 0.29) is 13.2 Å². The van der Waals surface area contributed by atoms with Gasteiger partial charge in [0.2, 0.25) is 0 Å². The average molecular weight is 180 g/mol. The predicted octanol–water partition coefficient (Wildman–Crippen LogP) is 1.22. The summed E-state index contributed by atoms with van der Waals surface area (Å²) in [4.78, 5) is 0. The molecule has 1 aromatic carbocycles. The Morgan fingerprint density at radius 1 is 1.08 bits per heavy atom. The van der Waals surface area contributed by atoms with Gasteiger partial charge in [0.1, 0.15) is 0 Å². The maximum absolute atomic E-state index is 9.09. The molecule has 2 heteroatoms. The summed E-state index contributed by atoms with van der Waals surface area (Å²) in [6, 6.07) is 9.89. The van der Waals surface area contributed by atoms with Crippen molar-refractivity contribution in [1.29, 1.82) is 0 Å². The monoisotopic (exact) mass is 180 g/mol. The Morgan fingerprint density at radius 3 is 2.08 bits per heavy atom. The molecular formula is C11H16O2. The van der Waals surface area contributed by atoms with Gasteiger partial charge in [0, 0.05) is 5.41 Å². The van der Waals surface area contributed by atoms with Crippen LogP contribution < -0.4 is 0 Å². The first-order valence-corrected chi connectivity index (χ1v) is 4.46. The largest absolute Gasteiger partial charge is 0.396 e. The van der Waals surface area contributed by atoms with Crippen LogP contribution in [0.3, 0.4) is 0 Å². The second kappa shape index (κ2) is 4.40. The number of hydrogen-bond acceptors (Lipinski definition) is 2. The van der Waals surface area contributed by atoms with E-state index in [4.69, 9.17) is 10.2 Å². The molecule has 72 valence electrons. The highest BCUT2D eigenvalue weighted by atomic mass is 16.3. The summed E-state index contributed by atoms with van der Waals surface area (Å²) in [6.07, 6.45) is 0.709. The smallest absolute Gasteiger partial charge is 0.0509 e. The Bertz CT molecular complexity index is 240. The summed E-state index contributed by atoms with van der Waals surface area (Å²) < 4.78 is 0. The first-order valence-electron chi connectivity index (χ1n) is 4.46. The molecule has 13 heavy (non-hydrogen) atoms. The third kappa shape index (κ3) is 2.83. The average Bonchev–Trinajstić information content (AvgIpc) is 2.19. The van der Waals surface area contributed by atoms with Gasteiger partial charge in [0.25, 0.3) is 0 Å². The first kappa shape index (κ1) is 10.2. The van der Waals surface area contributed by atoms with Crippen molar-refractivity contribution in [2.75, 3.05) is 13.2 Å². The fraction of sp³-hybridized carbons (Fsp3) is 0.455. The highest BCUT2D eigenvalue weighted by molar-refractivity contribution is 5.16. The minimum Gasteiger partial charge on any atom is -0.396 e. The second-order valence-corrected chi connectivity index (χ2v) is 3.79. The standard InChI is InChI=1S/C11H16O2/c1-11(8-12,9-13)7-10-5-3-2-4-6-10/h2-6,12-13H,7-9H2,1H3. The van der Waals surface area contributed by atoms with Gasteiger partial charge in [-0.1, -0.05) is 37.3 Å². The van der Waals surface area contributed by atoms with Gasteiger partial charge in [-0.3, -0.25) is 0 Å². The lowest BCUT2D eigenvalue weighted by atomic mass is 9.85. The van der Waals surface area contributed by atoms with E-state index < -0.39 is 5.41 Å². The van der Waals surface area contributed by atoms with Gasteiger partial charge in [-0.15, -0.1) is 0 Å². The Morgan fingerprint density at radius 2 is 1.62 bits per heavy atom. The lowest BCUT2D eigenvalue weighted by molar-refractivity contribution is 0.0704. The zero-order valence-electron chi connectivity index (χ0n) is 7.90. The van der Waals surface area contributed by atoms with E-state index in [1.54, 1.807) is 0 Å². The minimum absolute atomic E-state index is 0.0123. The lowest BCUT2D eigenvalue weighted by Gasteiger charge is -2.24. The van der Waals surface area contributed by atoms with Gasteiger partial charge in [-0.2, -0.15) is 0 Å². The number of aliphatic hydroxyl groups is 2. The van der Waals surface area contributed by atoms with Crippen LogP contribution in [0.4, 0.5) is 0 Å². The topological polar surface area (TPSA) is 40.5 Å². The summed E-state index contributed by atoms with van der Waals surface area (Å²) in [5, 5.41) is 18.2. The molecule has 0 aliphatic heterocycles. The van der Waals surface area contributed by atoms with E-state index in [1.165, 1.54) is 0 Å². The minimum atomic E-state index is -0.401. The van der Waals surface area contributed by atoms with Crippen LogP contribution in [0.1, 0.15) is 12.5 Å². The molecule has 0 aromatic heterocycles. The quantitative estimate of drug-likeness (QED) is 0.731. The summed E-state index contributed by atoms with van der Waals surface area (Å²) in [6.45, 7) is 1.90. The molecule has 0 atom stereocenters. The third-order valence-electron chi connectivity index (χ3n) is 2.24. The summed E-state index contributed by atoms with van der Waals surface area (Å²) in [7, 11) is 0. The zero-order valence-corrected chi connectivity index (χ0v) is 7.90. The molecule has 1 rings (SSSR count). The van der Waals surface area contributed by atoms with Crippen LogP contribution in [0.5, 0.6) is 0 Å². The summed E-state index contributed by atoms with van der Waals surface area (Å²) in [5.41, 5.74) is 0.745. The molecule has 0 saturated heterocycles. The number of hydrogen-bond donors (Lipinski definition) is 2. The third-order valence-corrected chi connectivity index (χ3v) is 2.24. The van der Waals surface area contributed by atoms with E-state index >= 15 is 0 Å². The van der Waals surface area contributed by atoms with Gasteiger partial charge in [-0.25, -0.2) is 0 Å². The van der Waals surface area contributed by atoms with Crippen LogP contribution in [-0.2, 0) is 6.42 Å². The van der Waals surface area contributed by atoms with Crippen LogP contribution in [-0.4, -0.2) is 23.4 Å². The molecule has 2 N–H and O–H groups in total. The Balaban J connectivity index is 2.68. The van der Waals surface area contributed by atoms with Gasteiger partial charge in [0.05, 0.1) is 13.2 Å². The van der Waals surface area contributed by atoms with Crippen LogP contribution in [0.15, 0.2) is 30.3 Å². The molecule has 0 aliphatic carbocycles. The molecule has 0 unspecified atom stereocenters. The molecule has 0 bridgehead atoms. The molecule has 0 saturated carbocycles. The van der Waals surface area contributed by atoms with E-state index in [9.17, 15) is 0 Å². The fourth-order valence-electron chi connectivity index (χ4n) is 1.25. The van der Waals surface area contributed by atoms with Crippen LogP contribution in [0.25, 0.3) is 0 Å². The molecule has 0 amide bonds. The normalized spacial score (nSPS) is 11.6. The Hall–Kier alpha value is -0.860. The maximum atomic E-state index is 9.09. The molecule has 1 aromatic rings. The van der Waals surface area contributed by atoms with Crippen molar-refractivity contribution in [1.82, 2.24) is 0 Å². The lowest BCUT2D eigenvalue weighted by Crippen LogP contribution is -2.28. The van der Waals surface area contributed by atoms with Crippen molar-refractivity contribution in [3.8, 4) is 0 Å². The van der Waals surface area contributed by atoms with E-state index in [1.807, 2.05) is 37.3 Å². The molecule has 2 nitrogen and oxygen atoms in total. The number of aliphatic hydroxyl groups excluding tert-OH is 2. The van der Waals surface area contributed by atoms with Crippen molar-refractivity contribution in [2.45, 2.75) is 13.3 Å². The van der Waals surface area contributed by atoms with E-state index in [2.05, 4.69) is 0 Å². The van der Waals surface area contributed by atoms with Crippen LogP contribution in [0, 0.1) is 5.41 Å². The maximum Gasteiger partial charge on any atom is 0.0509 e. The molecule has 0 radical (unpaired) electrons. The molecular weight excluding hydrogens is 164 g/mol. The molecule has 0 aliphatic rings. The van der Waals surface area contributed by atoms with Crippen molar-refractivity contribution in [2.24, 2.45) is 5.41 Å². The van der Waals surface area contributed by atoms with Gasteiger partial charge in [-0.05, 0) is 12.0 Å². The number of rotatable bonds is 4. The summed E-state index contributed by atoms with van der Waals surface area (Å²) >= 11 is 0. The second-order valence-electron chi connectivity index (χ2n) is 3.79. The fourth-order valence-corrected chi connectivity index (χ4v) is 1.25. The van der Waals surface area contributed by atoms with E-state index in [0.717, 1.165) is 5.56 Å².